The van der Waals surface area contributed by atoms with Crippen LogP contribution in [0.4, 0.5) is 0 Å². The second-order valence-electron chi connectivity index (χ2n) is 9.92. The molecule has 0 unspecified atom stereocenters. The molecule has 0 radical (unpaired) electrons. The molecule has 0 aliphatic rings. The number of aryl methyl sites for hydroxylation is 1. The lowest BCUT2D eigenvalue weighted by Crippen LogP contribution is -1.88. The summed E-state index contributed by atoms with van der Waals surface area (Å²) in [5, 5.41) is 7.65. The monoisotopic (exact) mass is 470 g/mol. The molecule has 174 valence electrons. The van der Waals surface area contributed by atoms with Gasteiger partial charge in [-0.1, -0.05) is 121 Å². The quantitative estimate of drug-likeness (QED) is 0.225. The maximum atomic E-state index is 2.35. The van der Waals surface area contributed by atoms with Crippen LogP contribution in [-0.2, 0) is 0 Å². The van der Waals surface area contributed by atoms with E-state index in [4.69, 9.17) is 0 Å². The van der Waals surface area contributed by atoms with Gasteiger partial charge < -0.3 is 0 Å². The molecule has 0 bridgehead atoms. The zero-order valence-corrected chi connectivity index (χ0v) is 20.8. The van der Waals surface area contributed by atoms with Crippen molar-refractivity contribution in [3.63, 3.8) is 0 Å². The molecule has 0 heteroatoms. The minimum Gasteiger partial charge on any atom is -0.0622 e. The topological polar surface area (TPSA) is 0 Å². The minimum atomic E-state index is 1.24. The van der Waals surface area contributed by atoms with Crippen LogP contribution >= 0.6 is 0 Å². The molecule has 0 aromatic heterocycles. The van der Waals surface area contributed by atoms with E-state index >= 15 is 0 Å². The third kappa shape index (κ3) is 3.88. The third-order valence-corrected chi connectivity index (χ3v) is 7.47. The van der Waals surface area contributed by atoms with Gasteiger partial charge in [0.05, 0.1) is 0 Å². The average molecular weight is 471 g/mol. The van der Waals surface area contributed by atoms with E-state index in [0.717, 1.165) is 0 Å². The third-order valence-electron chi connectivity index (χ3n) is 7.47. The second-order valence-corrected chi connectivity index (χ2v) is 9.92. The SMILES string of the molecule is Cc1cccc(-c2ccc3c(ccc4cc(-c5cc6ccccc6cc5-c5ccccc5)ccc43)c2)c1. The molecule has 37 heavy (non-hydrogen) atoms. The normalized spacial score (nSPS) is 11.4. The molecule has 0 amide bonds. The fraction of sp³-hybridized carbons (Fsp3) is 0.0270. The Morgan fingerprint density at radius 1 is 0.324 bits per heavy atom. The fourth-order valence-corrected chi connectivity index (χ4v) is 5.58. The van der Waals surface area contributed by atoms with Gasteiger partial charge in [-0.25, -0.2) is 0 Å². The summed E-state index contributed by atoms with van der Waals surface area (Å²) in [5.74, 6) is 0. The van der Waals surface area contributed by atoms with Crippen molar-refractivity contribution in [3.8, 4) is 33.4 Å². The summed E-state index contributed by atoms with van der Waals surface area (Å²) in [7, 11) is 0. The first-order valence-corrected chi connectivity index (χ1v) is 12.9. The summed E-state index contributed by atoms with van der Waals surface area (Å²) in [5.41, 5.74) is 8.83. The summed E-state index contributed by atoms with van der Waals surface area (Å²) in [4.78, 5) is 0. The second kappa shape index (κ2) is 8.76. The van der Waals surface area contributed by atoms with Crippen LogP contribution < -0.4 is 0 Å². The zero-order valence-electron chi connectivity index (χ0n) is 20.8. The van der Waals surface area contributed by atoms with Gasteiger partial charge in [0, 0.05) is 0 Å². The Bertz CT molecular complexity index is 1930. The largest absolute Gasteiger partial charge is 0.0622 e. The lowest BCUT2D eigenvalue weighted by molar-refractivity contribution is 1.47. The molecule has 0 N–H and O–H groups in total. The van der Waals surface area contributed by atoms with Crippen molar-refractivity contribution >= 4 is 32.3 Å². The molecule has 0 aliphatic heterocycles. The Balaban J connectivity index is 1.39. The standard InChI is InChI=1S/C37H26/c1-25-8-7-13-27(20-25)30-16-18-34-31(21-30)14-15-32-22-33(17-19-35(32)34)37-24-29-12-6-5-11-28(29)23-36(37)26-9-3-2-4-10-26/h2-24H,1H3. The first-order chi connectivity index (χ1) is 18.2. The van der Waals surface area contributed by atoms with E-state index < -0.39 is 0 Å². The van der Waals surface area contributed by atoms with Crippen LogP contribution in [0.3, 0.4) is 0 Å². The first-order valence-electron chi connectivity index (χ1n) is 12.9. The summed E-state index contributed by atoms with van der Waals surface area (Å²) < 4.78 is 0. The van der Waals surface area contributed by atoms with Gasteiger partial charge in [-0.05, 0) is 96.9 Å². The smallest absolute Gasteiger partial charge is 0.00988 e. The summed E-state index contributed by atoms with van der Waals surface area (Å²) in [6, 6.07) is 51.0. The molecule has 0 spiro atoms. The van der Waals surface area contributed by atoms with Crippen molar-refractivity contribution < 1.29 is 0 Å². The Morgan fingerprint density at radius 2 is 0.865 bits per heavy atom. The molecule has 0 heterocycles. The molecule has 0 saturated heterocycles. The van der Waals surface area contributed by atoms with Crippen molar-refractivity contribution in [1.82, 2.24) is 0 Å². The van der Waals surface area contributed by atoms with Gasteiger partial charge >= 0.3 is 0 Å². The van der Waals surface area contributed by atoms with E-state index in [2.05, 4.69) is 146 Å². The zero-order chi connectivity index (χ0) is 24.8. The molecule has 7 aromatic carbocycles. The van der Waals surface area contributed by atoms with E-state index in [1.165, 1.54) is 71.3 Å². The highest BCUT2D eigenvalue weighted by Crippen LogP contribution is 2.38. The van der Waals surface area contributed by atoms with Crippen molar-refractivity contribution in [2.24, 2.45) is 0 Å². The van der Waals surface area contributed by atoms with Crippen LogP contribution in [0.2, 0.25) is 0 Å². The molecule has 7 aromatic rings. The molecular formula is C37H26. The first kappa shape index (κ1) is 21.6. The van der Waals surface area contributed by atoms with Gasteiger partial charge in [0.2, 0.25) is 0 Å². The molecule has 0 fully saturated rings. The van der Waals surface area contributed by atoms with E-state index in [1.54, 1.807) is 0 Å². The summed E-state index contributed by atoms with van der Waals surface area (Å²) in [6.07, 6.45) is 0. The van der Waals surface area contributed by atoms with E-state index in [1.807, 2.05) is 0 Å². The van der Waals surface area contributed by atoms with Gasteiger partial charge in [0.1, 0.15) is 0 Å². The predicted octanol–water partition coefficient (Wildman–Crippen LogP) is 10.5. The number of fused-ring (bicyclic) bond motifs is 4. The Morgan fingerprint density at radius 3 is 1.54 bits per heavy atom. The molecule has 0 saturated carbocycles. The van der Waals surface area contributed by atoms with Gasteiger partial charge in [-0.3, -0.25) is 0 Å². The maximum Gasteiger partial charge on any atom is -0.00988 e. The van der Waals surface area contributed by atoms with Crippen molar-refractivity contribution in [2.75, 3.05) is 0 Å². The molecule has 0 atom stereocenters. The minimum absolute atomic E-state index is 1.24. The number of benzene rings is 7. The molecule has 0 aliphatic carbocycles. The van der Waals surface area contributed by atoms with E-state index in [9.17, 15) is 0 Å². The van der Waals surface area contributed by atoms with Gasteiger partial charge in [0.15, 0.2) is 0 Å². The van der Waals surface area contributed by atoms with Crippen LogP contribution in [0.5, 0.6) is 0 Å². The highest BCUT2D eigenvalue weighted by Gasteiger charge is 2.11. The summed E-state index contributed by atoms with van der Waals surface area (Å²) >= 11 is 0. The summed E-state index contributed by atoms with van der Waals surface area (Å²) in [6.45, 7) is 2.15. The highest BCUT2D eigenvalue weighted by atomic mass is 14.2. The van der Waals surface area contributed by atoms with Crippen LogP contribution in [-0.4, -0.2) is 0 Å². The lowest BCUT2D eigenvalue weighted by Gasteiger charge is -2.14. The lowest BCUT2D eigenvalue weighted by atomic mass is 9.90. The Hall–Kier alpha value is -4.68. The predicted molar refractivity (Wildman–Crippen MR) is 160 cm³/mol. The van der Waals surface area contributed by atoms with Crippen molar-refractivity contribution in [2.45, 2.75) is 6.92 Å². The Labute approximate surface area is 217 Å². The average Bonchev–Trinajstić information content (AvgIpc) is 2.96. The van der Waals surface area contributed by atoms with Crippen LogP contribution in [0, 0.1) is 6.92 Å². The number of hydrogen-bond acceptors (Lipinski definition) is 0. The van der Waals surface area contributed by atoms with Crippen LogP contribution in [0.15, 0.2) is 140 Å². The number of rotatable bonds is 3. The van der Waals surface area contributed by atoms with E-state index in [0.29, 0.717) is 0 Å². The van der Waals surface area contributed by atoms with Gasteiger partial charge in [-0.15, -0.1) is 0 Å². The van der Waals surface area contributed by atoms with Crippen LogP contribution in [0.1, 0.15) is 5.56 Å². The van der Waals surface area contributed by atoms with Gasteiger partial charge in [-0.2, -0.15) is 0 Å². The van der Waals surface area contributed by atoms with Crippen LogP contribution in [0.25, 0.3) is 65.7 Å². The maximum absolute atomic E-state index is 2.35. The van der Waals surface area contributed by atoms with Crippen molar-refractivity contribution in [1.29, 1.82) is 0 Å². The Kier molecular flexibility index (Phi) is 5.11. The highest BCUT2D eigenvalue weighted by molar-refractivity contribution is 6.10. The van der Waals surface area contributed by atoms with Gasteiger partial charge in [0.25, 0.3) is 0 Å². The molecule has 0 nitrogen and oxygen atoms in total. The molecule has 7 rings (SSSR count). The fourth-order valence-electron chi connectivity index (χ4n) is 5.58. The van der Waals surface area contributed by atoms with E-state index in [-0.39, 0.29) is 0 Å². The molecular weight excluding hydrogens is 444 g/mol. The number of hydrogen-bond donors (Lipinski definition) is 0. The van der Waals surface area contributed by atoms with Crippen molar-refractivity contribution in [3.05, 3.63) is 145 Å².